The first-order valence-electron chi connectivity index (χ1n) is 5.64. The molecule has 19 heavy (non-hydrogen) atoms. The van der Waals surface area contributed by atoms with Crippen LogP contribution < -0.4 is 16.0 Å². The second-order valence-electron chi connectivity index (χ2n) is 3.96. The van der Waals surface area contributed by atoms with Crippen LogP contribution in [0.1, 0.15) is 13.3 Å². The molecule has 0 fully saturated rings. The fourth-order valence-corrected chi connectivity index (χ4v) is 1.38. The van der Waals surface area contributed by atoms with Crippen molar-refractivity contribution in [2.75, 3.05) is 30.8 Å². The summed E-state index contributed by atoms with van der Waals surface area (Å²) >= 11 is 0. The van der Waals surface area contributed by atoms with Crippen molar-refractivity contribution in [2.45, 2.75) is 13.3 Å². The molecule has 1 heterocycles. The molecule has 3 N–H and O–H groups in total. The largest absolute Gasteiger partial charge is 0.378 e. The maximum Gasteiger partial charge on any atom is 0.329 e. The highest BCUT2D eigenvalue weighted by atomic mass is 16.6. The Morgan fingerprint density at radius 2 is 2.32 bits per heavy atom. The highest BCUT2D eigenvalue weighted by molar-refractivity contribution is 5.72. The van der Waals surface area contributed by atoms with Gasteiger partial charge in [-0.1, -0.05) is 0 Å². The highest BCUT2D eigenvalue weighted by Gasteiger charge is 2.15. The Bertz CT molecular complexity index is 478. The number of amides is 1. The zero-order valence-corrected chi connectivity index (χ0v) is 10.8. The second-order valence-corrected chi connectivity index (χ2v) is 3.96. The van der Waals surface area contributed by atoms with Gasteiger partial charge in [0.2, 0.25) is 17.7 Å². The van der Waals surface area contributed by atoms with Crippen LogP contribution in [0, 0.1) is 10.1 Å². The predicted molar refractivity (Wildman–Crippen MR) is 69.7 cm³/mol. The molecule has 0 bridgehead atoms. The summed E-state index contributed by atoms with van der Waals surface area (Å²) in [7, 11) is 1.74. The van der Waals surface area contributed by atoms with Gasteiger partial charge in [-0.3, -0.25) is 14.9 Å². The molecule has 0 aliphatic carbocycles. The molecule has 0 aliphatic rings. The van der Waals surface area contributed by atoms with E-state index in [0.29, 0.717) is 25.5 Å². The van der Waals surface area contributed by atoms with Crippen LogP contribution in [0.2, 0.25) is 0 Å². The quantitative estimate of drug-likeness (QED) is 0.420. The molecule has 0 aromatic carbocycles. The standard InChI is InChI=1S/C10H16N6O3/c1-7(17)12-4-3-5-15(2)10-13-6-8(16(18)19)9(11)14-10/h6H,3-5H2,1-2H3,(H,12,17)(H2,11,13,14). The van der Waals surface area contributed by atoms with Gasteiger partial charge in [0.1, 0.15) is 6.20 Å². The van der Waals surface area contributed by atoms with Gasteiger partial charge in [-0.2, -0.15) is 4.98 Å². The summed E-state index contributed by atoms with van der Waals surface area (Å²) in [6, 6.07) is 0. The van der Waals surface area contributed by atoms with E-state index in [4.69, 9.17) is 5.73 Å². The van der Waals surface area contributed by atoms with Crippen LogP contribution in [-0.2, 0) is 4.79 Å². The summed E-state index contributed by atoms with van der Waals surface area (Å²) in [6.07, 6.45) is 1.79. The second kappa shape index (κ2) is 6.47. The minimum absolute atomic E-state index is 0.0847. The number of hydrogen-bond acceptors (Lipinski definition) is 7. The maximum atomic E-state index is 10.7. The summed E-state index contributed by atoms with van der Waals surface area (Å²) in [6.45, 7) is 2.59. The number of hydrogen-bond donors (Lipinski definition) is 2. The lowest BCUT2D eigenvalue weighted by Gasteiger charge is -2.16. The highest BCUT2D eigenvalue weighted by Crippen LogP contribution is 2.19. The molecule has 9 nitrogen and oxygen atoms in total. The average molecular weight is 268 g/mol. The zero-order chi connectivity index (χ0) is 14.4. The summed E-state index contributed by atoms with van der Waals surface area (Å²) in [5.74, 6) is 0.0631. The van der Waals surface area contributed by atoms with Gasteiger partial charge in [-0.15, -0.1) is 0 Å². The molecule has 1 amide bonds. The molecule has 1 aromatic rings. The maximum absolute atomic E-state index is 10.7. The van der Waals surface area contributed by atoms with E-state index in [-0.39, 0.29) is 17.4 Å². The van der Waals surface area contributed by atoms with E-state index in [9.17, 15) is 14.9 Å². The van der Waals surface area contributed by atoms with Crippen molar-refractivity contribution in [2.24, 2.45) is 0 Å². The van der Waals surface area contributed by atoms with Gasteiger partial charge in [-0.05, 0) is 6.42 Å². The van der Waals surface area contributed by atoms with Gasteiger partial charge in [0, 0.05) is 27.1 Å². The monoisotopic (exact) mass is 268 g/mol. The number of nitrogens with one attached hydrogen (secondary N) is 1. The van der Waals surface area contributed by atoms with Crippen LogP contribution in [0.4, 0.5) is 17.5 Å². The third kappa shape index (κ3) is 4.37. The summed E-state index contributed by atoms with van der Waals surface area (Å²) in [5, 5.41) is 13.2. The Morgan fingerprint density at radius 3 is 2.84 bits per heavy atom. The molecule has 1 rings (SSSR count). The van der Waals surface area contributed by atoms with Gasteiger partial charge < -0.3 is 16.0 Å². The van der Waals surface area contributed by atoms with Gasteiger partial charge in [0.05, 0.1) is 4.92 Å². The van der Waals surface area contributed by atoms with Crippen LogP contribution in [-0.4, -0.2) is 40.9 Å². The van der Waals surface area contributed by atoms with E-state index in [1.807, 2.05) is 0 Å². The van der Waals surface area contributed by atoms with Crippen molar-refractivity contribution in [1.29, 1.82) is 0 Å². The van der Waals surface area contributed by atoms with Crippen molar-refractivity contribution in [3.63, 3.8) is 0 Å². The molecule has 0 saturated carbocycles. The van der Waals surface area contributed by atoms with Crippen molar-refractivity contribution in [3.05, 3.63) is 16.3 Å². The van der Waals surface area contributed by atoms with Gasteiger partial charge in [-0.25, -0.2) is 4.98 Å². The van der Waals surface area contributed by atoms with Gasteiger partial charge >= 0.3 is 5.69 Å². The number of carbonyl (C=O) groups is 1. The Balaban J connectivity index is 2.57. The Hall–Kier alpha value is -2.45. The number of anilines is 2. The van der Waals surface area contributed by atoms with Crippen molar-refractivity contribution < 1.29 is 9.72 Å². The molecular weight excluding hydrogens is 252 g/mol. The fourth-order valence-electron chi connectivity index (χ4n) is 1.38. The number of nitrogens with two attached hydrogens (primary N) is 1. The van der Waals surface area contributed by atoms with Gasteiger partial charge in [0.25, 0.3) is 0 Å². The first-order valence-corrected chi connectivity index (χ1v) is 5.64. The number of rotatable bonds is 6. The SMILES string of the molecule is CC(=O)NCCCN(C)c1ncc([N+](=O)[O-])c(N)n1. The lowest BCUT2D eigenvalue weighted by atomic mass is 10.4. The van der Waals surface area contributed by atoms with E-state index in [1.54, 1.807) is 11.9 Å². The summed E-state index contributed by atoms with van der Waals surface area (Å²) < 4.78 is 0. The molecule has 0 spiro atoms. The third-order valence-electron chi connectivity index (χ3n) is 2.37. The van der Waals surface area contributed by atoms with Crippen LogP contribution in [0.5, 0.6) is 0 Å². The topological polar surface area (TPSA) is 127 Å². The zero-order valence-electron chi connectivity index (χ0n) is 10.8. The summed E-state index contributed by atoms with van der Waals surface area (Å²) in [4.78, 5) is 30.1. The lowest BCUT2D eigenvalue weighted by Crippen LogP contribution is -2.27. The number of aromatic nitrogens is 2. The number of carbonyl (C=O) groups excluding carboxylic acids is 1. The van der Waals surface area contributed by atoms with E-state index >= 15 is 0 Å². The predicted octanol–water partition coefficient (Wildman–Crippen LogP) is -0.0706. The first-order chi connectivity index (χ1) is 8.91. The van der Waals surface area contributed by atoms with E-state index in [1.165, 1.54) is 6.92 Å². The number of nitrogen functional groups attached to an aromatic ring is 1. The van der Waals surface area contributed by atoms with Crippen LogP contribution >= 0.6 is 0 Å². The Kier molecular flexibility index (Phi) is 4.98. The Morgan fingerprint density at radius 1 is 1.63 bits per heavy atom. The first kappa shape index (κ1) is 14.6. The molecule has 104 valence electrons. The number of nitrogens with zero attached hydrogens (tertiary/aromatic N) is 4. The third-order valence-corrected chi connectivity index (χ3v) is 2.37. The molecule has 0 unspecified atom stereocenters. The average Bonchev–Trinajstić information content (AvgIpc) is 2.33. The van der Waals surface area contributed by atoms with Crippen molar-refractivity contribution >= 4 is 23.4 Å². The normalized spacial score (nSPS) is 10.0. The van der Waals surface area contributed by atoms with Crippen LogP contribution in [0.3, 0.4) is 0 Å². The van der Waals surface area contributed by atoms with Gasteiger partial charge in [0.15, 0.2) is 0 Å². The molecule has 1 aromatic heterocycles. The Labute approximate surface area is 110 Å². The molecule has 0 atom stereocenters. The molecule has 0 saturated heterocycles. The van der Waals surface area contributed by atoms with Crippen molar-refractivity contribution in [1.82, 2.24) is 15.3 Å². The smallest absolute Gasteiger partial charge is 0.329 e. The molecule has 0 aliphatic heterocycles. The molecule has 0 radical (unpaired) electrons. The summed E-state index contributed by atoms with van der Waals surface area (Å²) in [5.41, 5.74) is 5.17. The van der Waals surface area contributed by atoms with Crippen LogP contribution in [0.25, 0.3) is 0 Å². The fraction of sp³-hybridized carbons (Fsp3) is 0.500. The minimum Gasteiger partial charge on any atom is -0.378 e. The van der Waals surface area contributed by atoms with Crippen LogP contribution in [0.15, 0.2) is 6.20 Å². The van der Waals surface area contributed by atoms with E-state index in [0.717, 1.165) is 6.20 Å². The molecular formula is C10H16N6O3. The lowest BCUT2D eigenvalue weighted by molar-refractivity contribution is -0.384. The van der Waals surface area contributed by atoms with E-state index < -0.39 is 4.92 Å². The van der Waals surface area contributed by atoms with Crippen molar-refractivity contribution in [3.8, 4) is 0 Å². The molecule has 9 heteroatoms. The van der Waals surface area contributed by atoms with E-state index in [2.05, 4.69) is 15.3 Å². The number of nitro groups is 1. The minimum atomic E-state index is -0.629.